The highest BCUT2D eigenvalue weighted by molar-refractivity contribution is 5.97. The summed E-state index contributed by atoms with van der Waals surface area (Å²) in [4.78, 5) is 32.0. The Morgan fingerprint density at radius 3 is 2.91 bits per heavy atom. The van der Waals surface area contributed by atoms with Crippen LogP contribution >= 0.6 is 0 Å². The number of fused-ring (bicyclic) bond motifs is 1. The number of nitrogens with two attached hydrogens (primary N) is 1. The number of nitrogen functional groups attached to an aromatic ring is 1. The molecule has 1 atom stereocenters. The fourth-order valence-corrected chi connectivity index (χ4v) is 2.48. The standard InChI is InChI=1S/C15H15N5O2/c1-8-6-12(20-15(16)17-8)14(22)19-11-7-13(21)18-10-5-3-2-4-9(10)11/h2-6,11H,7H2,1H3,(H,18,21)(H,19,22)(H2,16,17,20)/t11-/m0/s1. The van der Waals surface area contributed by atoms with Crippen LogP contribution < -0.4 is 16.4 Å². The molecule has 2 aromatic rings. The Labute approximate surface area is 127 Å². The largest absolute Gasteiger partial charge is 0.368 e. The number of carbonyl (C=O) groups is 2. The first-order valence-electron chi connectivity index (χ1n) is 6.84. The van der Waals surface area contributed by atoms with Crippen LogP contribution in [0.25, 0.3) is 0 Å². The Balaban J connectivity index is 1.86. The van der Waals surface area contributed by atoms with Gasteiger partial charge in [-0.15, -0.1) is 0 Å². The van der Waals surface area contributed by atoms with Crippen LogP contribution in [-0.4, -0.2) is 21.8 Å². The molecule has 1 aliphatic heterocycles. The van der Waals surface area contributed by atoms with E-state index in [9.17, 15) is 9.59 Å². The van der Waals surface area contributed by atoms with Gasteiger partial charge < -0.3 is 16.4 Å². The molecule has 2 heterocycles. The minimum atomic E-state index is -0.394. The van der Waals surface area contributed by atoms with E-state index in [1.54, 1.807) is 19.1 Å². The molecule has 0 unspecified atom stereocenters. The van der Waals surface area contributed by atoms with Crippen LogP contribution in [0.15, 0.2) is 30.3 Å². The minimum Gasteiger partial charge on any atom is -0.368 e. The van der Waals surface area contributed by atoms with E-state index in [0.717, 1.165) is 5.56 Å². The van der Waals surface area contributed by atoms with Crippen molar-refractivity contribution in [1.29, 1.82) is 0 Å². The highest BCUT2D eigenvalue weighted by Crippen LogP contribution is 2.30. The van der Waals surface area contributed by atoms with Gasteiger partial charge in [-0.25, -0.2) is 9.97 Å². The number of para-hydroxylation sites is 1. The van der Waals surface area contributed by atoms with Gasteiger partial charge in [-0.1, -0.05) is 18.2 Å². The molecule has 1 aromatic heterocycles. The van der Waals surface area contributed by atoms with Crippen LogP contribution in [0.3, 0.4) is 0 Å². The second-order valence-electron chi connectivity index (χ2n) is 5.12. The summed E-state index contributed by atoms with van der Waals surface area (Å²) in [6.07, 6.45) is 0.183. The van der Waals surface area contributed by atoms with Crippen molar-refractivity contribution >= 4 is 23.5 Å². The molecule has 1 aromatic carbocycles. The van der Waals surface area contributed by atoms with Crippen molar-refractivity contribution in [2.75, 3.05) is 11.1 Å². The van der Waals surface area contributed by atoms with Gasteiger partial charge in [0.1, 0.15) is 5.69 Å². The van der Waals surface area contributed by atoms with E-state index in [1.165, 1.54) is 0 Å². The third-order valence-corrected chi connectivity index (χ3v) is 3.41. The van der Waals surface area contributed by atoms with Gasteiger partial charge in [-0.3, -0.25) is 9.59 Å². The fraction of sp³-hybridized carbons (Fsp3) is 0.200. The van der Waals surface area contributed by atoms with E-state index < -0.39 is 6.04 Å². The number of nitrogens with zero attached hydrogens (tertiary/aromatic N) is 2. The van der Waals surface area contributed by atoms with Gasteiger partial charge in [0, 0.05) is 11.4 Å². The van der Waals surface area contributed by atoms with Gasteiger partial charge in [-0.2, -0.15) is 0 Å². The van der Waals surface area contributed by atoms with Crippen molar-refractivity contribution in [3.8, 4) is 0 Å². The first kappa shape index (κ1) is 14.0. The molecular formula is C15H15N5O2. The van der Waals surface area contributed by atoms with Crippen molar-refractivity contribution in [3.63, 3.8) is 0 Å². The second-order valence-corrected chi connectivity index (χ2v) is 5.12. The van der Waals surface area contributed by atoms with Crippen LogP contribution in [0.5, 0.6) is 0 Å². The molecular weight excluding hydrogens is 282 g/mol. The van der Waals surface area contributed by atoms with Gasteiger partial charge in [-0.05, 0) is 24.6 Å². The summed E-state index contributed by atoms with van der Waals surface area (Å²) in [6, 6.07) is 8.53. The molecule has 0 fully saturated rings. The van der Waals surface area contributed by atoms with Gasteiger partial charge in [0.05, 0.1) is 12.5 Å². The monoisotopic (exact) mass is 297 g/mol. The average Bonchev–Trinajstić information content (AvgIpc) is 2.46. The Morgan fingerprint density at radius 1 is 1.36 bits per heavy atom. The molecule has 4 N–H and O–H groups in total. The first-order valence-corrected chi connectivity index (χ1v) is 6.84. The second kappa shape index (κ2) is 5.44. The molecule has 22 heavy (non-hydrogen) atoms. The third kappa shape index (κ3) is 2.73. The number of amides is 2. The van der Waals surface area contributed by atoms with Crippen LogP contribution in [0.2, 0.25) is 0 Å². The number of aromatic nitrogens is 2. The molecule has 0 radical (unpaired) electrons. The normalized spacial score (nSPS) is 16.6. The maximum Gasteiger partial charge on any atom is 0.270 e. The van der Waals surface area contributed by atoms with Gasteiger partial charge >= 0.3 is 0 Å². The number of anilines is 2. The van der Waals surface area contributed by atoms with Crippen molar-refractivity contribution in [1.82, 2.24) is 15.3 Å². The summed E-state index contributed by atoms with van der Waals surface area (Å²) in [5.74, 6) is -0.471. The molecule has 0 saturated heterocycles. The number of benzene rings is 1. The Kier molecular flexibility index (Phi) is 3.46. The lowest BCUT2D eigenvalue weighted by atomic mass is 9.97. The van der Waals surface area contributed by atoms with Crippen molar-refractivity contribution in [3.05, 3.63) is 47.3 Å². The smallest absolute Gasteiger partial charge is 0.270 e. The highest BCUT2D eigenvalue weighted by atomic mass is 16.2. The molecule has 0 aliphatic carbocycles. The van der Waals surface area contributed by atoms with E-state index >= 15 is 0 Å². The predicted molar refractivity (Wildman–Crippen MR) is 81.1 cm³/mol. The number of rotatable bonds is 2. The SMILES string of the molecule is Cc1cc(C(=O)N[C@H]2CC(=O)Nc3ccccc32)nc(N)n1. The van der Waals surface area contributed by atoms with E-state index in [4.69, 9.17) is 5.73 Å². The van der Waals surface area contributed by atoms with Gasteiger partial charge in [0.25, 0.3) is 5.91 Å². The summed E-state index contributed by atoms with van der Waals surface area (Å²) in [6.45, 7) is 1.73. The van der Waals surface area contributed by atoms with Crippen LogP contribution in [-0.2, 0) is 4.79 Å². The summed E-state index contributed by atoms with van der Waals surface area (Å²) < 4.78 is 0. The molecule has 7 heteroatoms. The Morgan fingerprint density at radius 2 is 2.14 bits per heavy atom. The summed E-state index contributed by atoms with van der Waals surface area (Å²) in [5, 5.41) is 5.62. The van der Waals surface area contributed by atoms with Crippen LogP contribution in [0, 0.1) is 6.92 Å². The number of aryl methyl sites for hydroxylation is 1. The van der Waals surface area contributed by atoms with E-state index in [-0.39, 0.29) is 29.9 Å². The summed E-state index contributed by atoms with van der Waals surface area (Å²) >= 11 is 0. The first-order chi connectivity index (χ1) is 10.5. The van der Waals surface area contributed by atoms with Crippen molar-refractivity contribution in [2.45, 2.75) is 19.4 Å². The number of hydrogen-bond acceptors (Lipinski definition) is 5. The fourth-order valence-electron chi connectivity index (χ4n) is 2.48. The zero-order chi connectivity index (χ0) is 15.7. The molecule has 0 saturated carbocycles. The maximum atomic E-state index is 12.3. The molecule has 0 bridgehead atoms. The molecule has 112 valence electrons. The lowest BCUT2D eigenvalue weighted by Gasteiger charge is -2.26. The van der Waals surface area contributed by atoms with Crippen molar-refractivity contribution < 1.29 is 9.59 Å². The summed E-state index contributed by atoms with van der Waals surface area (Å²) in [7, 11) is 0. The zero-order valence-corrected chi connectivity index (χ0v) is 12.0. The van der Waals surface area contributed by atoms with E-state index in [0.29, 0.717) is 11.4 Å². The topological polar surface area (TPSA) is 110 Å². The van der Waals surface area contributed by atoms with Gasteiger partial charge in [0.2, 0.25) is 11.9 Å². The number of carbonyl (C=O) groups excluding carboxylic acids is 2. The number of nitrogens with one attached hydrogen (secondary N) is 2. The molecule has 7 nitrogen and oxygen atoms in total. The van der Waals surface area contributed by atoms with Crippen LogP contribution in [0.4, 0.5) is 11.6 Å². The van der Waals surface area contributed by atoms with Crippen LogP contribution in [0.1, 0.15) is 34.2 Å². The van der Waals surface area contributed by atoms with E-state index in [2.05, 4.69) is 20.6 Å². The quantitative estimate of drug-likeness (QED) is 0.771. The van der Waals surface area contributed by atoms with E-state index in [1.807, 2.05) is 18.2 Å². The maximum absolute atomic E-state index is 12.3. The minimum absolute atomic E-state index is 0.0481. The third-order valence-electron chi connectivity index (χ3n) is 3.41. The molecule has 3 rings (SSSR count). The molecule has 0 spiro atoms. The Hall–Kier alpha value is -2.96. The van der Waals surface area contributed by atoms with Crippen molar-refractivity contribution in [2.24, 2.45) is 0 Å². The summed E-state index contributed by atoms with van der Waals surface area (Å²) in [5.41, 5.74) is 7.94. The van der Waals surface area contributed by atoms with Gasteiger partial charge in [0.15, 0.2) is 0 Å². The number of hydrogen-bond donors (Lipinski definition) is 3. The lowest BCUT2D eigenvalue weighted by Crippen LogP contribution is -2.35. The molecule has 1 aliphatic rings. The highest BCUT2D eigenvalue weighted by Gasteiger charge is 2.26. The zero-order valence-electron chi connectivity index (χ0n) is 12.0. The predicted octanol–water partition coefficient (Wildman–Crippen LogP) is 1.18. The Bertz CT molecular complexity index is 739. The lowest BCUT2D eigenvalue weighted by molar-refractivity contribution is -0.116. The molecule has 2 amide bonds. The average molecular weight is 297 g/mol.